The fraction of sp³-hybridized carbons (Fsp3) is 0.100. The molecular formula is C10H8BrN5O2. The summed E-state index contributed by atoms with van der Waals surface area (Å²) in [4.78, 5) is 27.3. The number of nitrogens with two attached hydrogens (primary N) is 1. The van der Waals surface area contributed by atoms with Crippen LogP contribution in [0.4, 0.5) is 5.95 Å². The Morgan fingerprint density at radius 3 is 2.61 bits per heavy atom. The number of carbonyl (C=O) groups is 1. The van der Waals surface area contributed by atoms with E-state index in [1.54, 1.807) is 0 Å². The molecule has 2 rings (SSSR count). The minimum absolute atomic E-state index is 0.145. The highest BCUT2D eigenvalue weighted by Crippen LogP contribution is 2.17. The quantitative estimate of drug-likeness (QED) is 0.653. The van der Waals surface area contributed by atoms with Crippen molar-refractivity contribution in [2.24, 2.45) is 0 Å². The smallest absolute Gasteiger partial charge is 0.356 e. The minimum Gasteiger partial charge on any atom is -0.464 e. The molecule has 0 aliphatic carbocycles. The molecule has 0 aliphatic rings. The Balaban J connectivity index is 2.48. The number of aromatic nitrogens is 4. The van der Waals surface area contributed by atoms with Gasteiger partial charge in [-0.2, -0.15) is 0 Å². The summed E-state index contributed by atoms with van der Waals surface area (Å²) < 4.78 is 5.06. The Kier molecular flexibility index (Phi) is 3.47. The second-order valence-electron chi connectivity index (χ2n) is 3.22. The van der Waals surface area contributed by atoms with Crippen molar-refractivity contribution in [3.8, 4) is 11.4 Å². The number of hydrogen-bond donors (Lipinski definition) is 1. The van der Waals surface area contributed by atoms with Crippen molar-refractivity contribution >= 4 is 27.8 Å². The van der Waals surface area contributed by atoms with Crippen LogP contribution in [0.15, 0.2) is 23.1 Å². The predicted octanol–water partition coefficient (Wildman–Crippen LogP) is 1.06. The summed E-state index contributed by atoms with van der Waals surface area (Å²) in [6.07, 6.45) is 2.95. The van der Waals surface area contributed by atoms with E-state index in [0.29, 0.717) is 16.0 Å². The van der Waals surface area contributed by atoms with Gasteiger partial charge in [-0.25, -0.2) is 24.7 Å². The number of nitrogens with zero attached hydrogens (tertiary/aromatic N) is 4. The lowest BCUT2D eigenvalue weighted by molar-refractivity contribution is 0.0594. The average Bonchev–Trinajstić information content (AvgIpc) is 2.38. The first-order valence-corrected chi connectivity index (χ1v) is 5.60. The summed E-state index contributed by atoms with van der Waals surface area (Å²) in [7, 11) is 1.28. The largest absolute Gasteiger partial charge is 0.464 e. The fourth-order valence-electron chi connectivity index (χ4n) is 1.21. The fourth-order valence-corrected chi connectivity index (χ4v) is 1.59. The zero-order valence-electron chi connectivity index (χ0n) is 9.29. The molecule has 0 saturated carbocycles. The van der Waals surface area contributed by atoms with Gasteiger partial charge in [-0.3, -0.25) is 0 Å². The van der Waals surface area contributed by atoms with Gasteiger partial charge in [0.1, 0.15) is 4.60 Å². The minimum atomic E-state index is -0.546. The van der Waals surface area contributed by atoms with E-state index in [-0.39, 0.29) is 11.6 Å². The molecule has 18 heavy (non-hydrogen) atoms. The van der Waals surface area contributed by atoms with E-state index in [4.69, 9.17) is 5.73 Å². The van der Waals surface area contributed by atoms with Gasteiger partial charge in [0.25, 0.3) is 0 Å². The summed E-state index contributed by atoms with van der Waals surface area (Å²) in [6.45, 7) is 0. The standard InChI is InChI=1S/C10H8BrN5O2/c1-18-9(17)6-2-7(11)16-8(15-6)5-3-13-10(12)14-4-5/h2-4H,1H3,(H2,12,13,14). The van der Waals surface area contributed by atoms with Gasteiger partial charge < -0.3 is 10.5 Å². The summed E-state index contributed by atoms with van der Waals surface area (Å²) in [5.41, 5.74) is 6.08. The summed E-state index contributed by atoms with van der Waals surface area (Å²) >= 11 is 3.20. The van der Waals surface area contributed by atoms with Crippen LogP contribution in [0.1, 0.15) is 10.5 Å². The van der Waals surface area contributed by atoms with Gasteiger partial charge in [0.15, 0.2) is 11.5 Å². The van der Waals surface area contributed by atoms with E-state index in [9.17, 15) is 4.79 Å². The third kappa shape index (κ3) is 2.59. The van der Waals surface area contributed by atoms with Crippen molar-refractivity contribution in [1.29, 1.82) is 0 Å². The van der Waals surface area contributed by atoms with E-state index in [1.165, 1.54) is 25.6 Å². The van der Waals surface area contributed by atoms with Crippen LogP contribution in [0.3, 0.4) is 0 Å². The molecule has 2 aromatic heterocycles. The number of methoxy groups -OCH3 is 1. The first kappa shape index (κ1) is 12.4. The van der Waals surface area contributed by atoms with Crippen molar-refractivity contribution in [3.05, 3.63) is 28.8 Å². The molecule has 0 radical (unpaired) electrons. The van der Waals surface area contributed by atoms with Crippen LogP contribution in [0, 0.1) is 0 Å². The molecule has 0 amide bonds. The molecule has 0 spiro atoms. The van der Waals surface area contributed by atoms with E-state index in [2.05, 4.69) is 40.6 Å². The second-order valence-corrected chi connectivity index (χ2v) is 4.03. The van der Waals surface area contributed by atoms with Gasteiger partial charge >= 0.3 is 5.97 Å². The topological polar surface area (TPSA) is 104 Å². The SMILES string of the molecule is COC(=O)c1cc(Br)nc(-c2cnc(N)nc2)n1. The van der Waals surface area contributed by atoms with Gasteiger partial charge in [0.05, 0.1) is 12.7 Å². The molecular weight excluding hydrogens is 302 g/mol. The van der Waals surface area contributed by atoms with E-state index in [1.807, 2.05) is 0 Å². The third-order valence-corrected chi connectivity index (χ3v) is 2.43. The van der Waals surface area contributed by atoms with E-state index in [0.717, 1.165) is 0 Å². The predicted molar refractivity (Wildman–Crippen MR) is 66.5 cm³/mol. The number of carbonyl (C=O) groups excluding carboxylic acids is 1. The van der Waals surface area contributed by atoms with Gasteiger partial charge in [0, 0.05) is 18.5 Å². The molecule has 0 saturated heterocycles. The van der Waals surface area contributed by atoms with Crippen LogP contribution < -0.4 is 5.73 Å². The lowest BCUT2D eigenvalue weighted by atomic mass is 10.3. The lowest BCUT2D eigenvalue weighted by Crippen LogP contribution is -2.06. The number of hydrogen-bond acceptors (Lipinski definition) is 7. The van der Waals surface area contributed by atoms with E-state index >= 15 is 0 Å². The lowest BCUT2D eigenvalue weighted by Gasteiger charge is -2.03. The summed E-state index contributed by atoms with van der Waals surface area (Å²) in [6, 6.07) is 1.47. The molecule has 0 bridgehead atoms. The van der Waals surface area contributed by atoms with Crippen molar-refractivity contribution < 1.29 is 9.53 Å². The highest BCUT2D eigenvalue weighted by Gasteiger charge is 2.12. The third-order valence-electron chi connectivity index (χ3n) is 2.02. The Morgan fingerprint density at radius 1 is 1.33 bits per heavy atom. The normalized spacial score (nSPS) is 10.1. The Hall–Kier alpha value is -2.09. The number of halogens is 1. The molecule has 2 heterocycles. The number of esters is 1. The summed E-state index contributed by atoms with van der Waals surface area (Å²) in [5.74, 6) is -0.0811. The molecule has 7 nitrogen and oxygen atoms in total. The zero-order chi connectivity index (χ0) is 13.1. The monoisotopic (exact) mass is 309 g/mol. The van der Waals surface area contributed by atoms with Crippen molar-refractivity contribution in [2.45, 2.75) is 0 Å². The van der Waals surface area contributed by atoms with Crippen LogP contribution >= 0.6 is 15.9 Å². The molecule has 0 fully saturated rings. The Bertz CT molecular complexity index is 587. The zero-order valence-corrected chi connectivity index (χ0v) is 10.9. The number of ether oxygens (including phenoxy) is 1. The average molecular weight is 310 g/mol. The van der Waals surface area contributed by atoms with Crippen molar-refractivity contribution in [2.75, 3.05) is 12.8 Å². The van der Waals surface area contributed by atoms with E-state index < -0.39 is 5.97 Å². The highest BCUT2D eigenvalue weighted by atomic mass is 79.9. The first-order chi connectivity index (χ1) is 8.60. The first-order valence-electron chi connectivity index (χ1n) is 4.81. The van der Waals surface area contributed by atoms with Gasteiger partial charge in [-0.05, 0) is 15.9 Å². The highest BCUT2D eigenvalue weighted by molar-refractivity contribution is 9.10. The maximum absolute atomic E-state index is 11.4. The van der Waals surface area contributed by atoms with Crippen LogP contribution in [0.2, 0.25) is 0 Å². The molecule has 0 unspecified atom stereocenters. The maximum Gasteiger partial charge on any atom is 0.356 e. The van der Waals surface area contributed by atoms with Crippen LogP contribution in [0.25, 0.3) is 11.4 Å². The molecule has 0 atom stereocenters. The molecule has 2 N–H and O–H groups in total. The summed E-state index contributed by atoms with van der Waals surface area (Å²) in [5, 5.41) is 0. The second kappa shape index (κ2) is 5.05. The Morgan fingerprint density at radius 2 is 2.00 bits per heavy atom. The van der Waals surface area contributed by atoms with Gasteiger partial charge in [0.2, 0.25) is 5.95 Å². The molecule has 8 heteroatoms. The van der Waals surface area contributed by atoms with Crippen LogP contribution in [0.5, 0.6) is 0 Å². The molecule has 0 aliphatic heterocycles. The molecule has 2 aromatic rings. The number of rotatable bonds is 2. The van der Waals surface area contributed by atoms with Crippen molar-refractivity contribution in [1.82, 2.24) is 19.9 Å². The number of anilines is 1. The van der Waals surface area contributed by atoms with Crippen LogP contribution in [-0.2, 0) is 4.74 Å². The number of nitrogen functional groups attached to an aromatic ring is 1. The van der Waals surface area contributed by atoms with Gasteiger partial charge in [-0.15, -0.1) is 0 Å². The Labute approximate surface area is 111 Å². The molecule has 92 valence electrons. The molecule has 0 aromatic carbocycles. The van der Waals surface area contributed by atoms with Crippen LogP contribution in [-0.4, -0.2) is 33.0 Å². The van der Waals surface area contributed by atoms with Crippen molar-refractivity contribution in [3.63, 3.8) is 0 Å². The van der Waals surface area contributed by atoms with Gasteiger partial charge in [-0.1, -0.05) is 0 Å². The maximum atomic E-state index is 11.4.